The molecule has 21 heavy (non-hydrogen) atoms. The van der Waals surface area contributed by atoms with Crippen LogP contribution < -0.4 is 10.6 Å². The third-order valence-corrected chi connectivity index (χ3v) is 2.57. The van der Waals surface area contributed by atoms with Gasteiger partial charge >= 0.3 is 0 Å². The summed E-state index contributed by atoms with van der Waals surface area (Å²) in [5.41, 5.74) is 0.846. The van der Waals surface area contributed by atoms with Gasteiger partial charge in [0.2, 0.25) is 5.91 Å². The van der Waals surface area contributed by atoms with Gasteiger partial charge < -0.3 is 15.1 Å². The molecule has 0 saturated heterocycles. The van der Waals surface area contributed by atoms with Crippen LogP contribution in [0.5, 0.6) is 0 Å². The number of aromatic nitrogens is 1. The number of nitrogens with zero attached hydrogens (tertiary/aromatic N) is 1. The van der Waals surface area contributed by atoms with E-state index in [1.54, 1.807) is 36.7 Å². The van der Waals surface area contributed by atoms with Gasteiger partial charge in [0.05, 0.1) is 6.26 Å². The highest BCUT2D eigenvalue weighted by Crippen LogP contribution is 1.99. The number of amides is 2. The van der Waals surface area contributed by atoms with E-state index in [4.69, 9.17) is 4.42 Å². The molecule has 2 heterocycles. The Labute approximate surface area is 121 Å². The number of carbonyl (C=O) groups excluding carboxylic acids is 2. The number of furan rings is 1. The molecule has 6 nitrogen and oxygen atoms in total. The van der Waals surface area contributed by atoms with Gasteiger partial charge in [0.15, 0.2) is 5.76 Å². The Hall–Kier alpha value is -2.89. The van der Waals surface area contributed by atoms with Crippen LogP contribution in [-0.2, 0) is 4.79 Å². The quantitative estimate of drug-likeness (QED) is 0.617. The second-order valence-electron chi connectivity index (χ2n) is 4.14. The Morgan fingerprint density at radius 2 is 2.05 bits per heavy atom. The number of hydrogen-bond donors (Lipinski definition) is 2. The van der Waals surface area contributed by atoms with Crippen molar-refractivity contribution < 1.29 is 14.0 Å². The Morgan fingerprint density at radius 1 is 1.19 bits per heavy atom. The molecular formula is C15H15N3O3. The van der Waals surface area contributed by atoms with Gasteiger partial charge in [-0.15, -0.1) is 0 Å². The molecule has 0 saturated carbocycles. The number of hydrogen-bond acceptors (Lipinski definition) is 4. The number of rotatable bonds is 6. The lowest BCUT2D eigenvalue weighted by Crippen LogP contribution is -2.33. The highest BCUT2D eigenvalue weighted by Gasteiger charge is 2.06. The SMILES string of the molecule is O=C(/C=C/c1cccnc1)NCCNC(=O)c1ccco1. The molecule has 2 N–H and O–H groups in total. The van der Waals surface area contributed by atoms with E-state index in [0.29, 0.717) is 13.1 Å². The normalized spacial score (nSPS) is 10.5. The second kappa shape index (κ2) is 7.64. The van der Waals surface area contributed by atoms with E-state index >= 15 is 0 Å². The van der Waals surface area contributed by atoms with Gasteiger partial charge in [-0.05, 0) is 29.8 Å². The van der Waals surface area contributed by atoms with E-state index in [9.17, 15) is 9.59 Å². The standard InChI is InChI=1S/C15H15N3O3/c19-14(6-5-12-3-1-7-16-11-12)17-8-9-18-15(20)13-4-2-10-21-13/h1-7,10-11H,8-9H2,(H,17,19)(H,18,20)/b6-5+. The molecule has 2 amide bonds. The first-order chi connectivity index (χ1) is 10.3. The van der Waals surface area contributed by atoms with Crippen LogP contribution in [0, 0.1) is 0 Å². The fourth-order valence-electron chi connectivity index (χ4n) is 1.56. The van der Waals surface area contributed by atoms with Crippen LogP contribution in [0.1, 0.15) is 16.1 Å². The summed E-state index contributed by atoms with van der Waals surface area (Å²) in [5, 5.41) is 5.29. The largest absolute Gasteiger partial charge is 0.459 e. The van der Waals surface area contributed by atoms with E-state index in [1.165, 1.54) is 12.3 Å². The molecule has 0 bridgehead atoms. The zero-order valence-electron chi connectivity index (χ0n) is 11.3. The molecule has 108 valence electrons. The summed E-state index contributed by atoms with van der Waals surface area (Å²) in [5.74, 6) is -0.288. The average molecular weight is 285 g/mol. The third-order valence-electron chi connectivity index (χ3n) is 2.57. The van der Waals surface area contributed by atoms with Crippen LogP contribution in [0.4, 0.5) is 0 Å². The maximum Gasteiger partial charge on any atom is 0.287 e. The minimum Gasteiger partial charge on any atom is -0.459 e. The molecule has 0 atom stereocenters. The molecule has 0 fully saturated rings. The zero-order chi connectivity index (χ0) is 14.9. The Morgan fingerprint density at radius 3 is 2.76 bits per heavy atom. The Bertz CT molecular complexity index is 606. The van der Waals surface area contributed by atoms with E-state index in [1.807, 2.05) is 6.07 Å². The fourth-order valence-corrected chi connectivity index (χ4v) is 1.56. The monoisotopic (exact) mass is 285 g/mol. The summed E-state index contributed by atoms with van der Waals surface area (Å²) in [4.78, 5) is 27.0. The molecule has 2 rings (SSSR count). The van der Waals surface area contributed by atoms with Crippen molar-refractivity contribution in [2.75, 3.05) is 13.1 Å². The molecule has 2 aromatic heterocycles. The van der Waals surface area contributed by atoms with Crippen molar-refractivity contribution in [2.45, 2.75) is 0 Å². The molecule has 0 aromatic carbocycles. The van der Waals surface area contributed by atoms with E-state index < -0.39 is 0 Å². The molecule has 0 radical (unpaired) electrons. The van der Waals surface area contributed by atoms with Gasteiger partial charge in [-0.3, -0.25) is 14.6 Å². The lowest BCUT2D eigenvalue weighted by atomic mass is 10.2. The summed E-state index contributed by atoms with van der Waals surface area (Å²) < 4.78 is 4.94. The van der Waals surface area contributed by atoms with Gasteiger partial charge in [0, 0.05) is 31.6 Å². The van der Waals surface area contributed by atoms with E-state index in [0.717, 1.165) is 5.56 Å². The topological polar surface area (TPSA) is 84.2 Å². The number of pyridine rings is 1. The average Bonchev–Trinajstić information content (AvgIpc) is 3.05. The third kappa shape index (κ3) is 4.94. The van der Waals surface area contributed by atoms with Gasteiger partial charge in [-0.2, -0.15) is 0 Å². The Kier molecular flexibility index (Phi) is 5.28. The molecule has 0 unspecified atom stereocenters. The van der Waals surface area contributed by atoms with Gasteiger partial charge in [0.1, 0.15) is 0 Å². The summed E-state index contributed by atoms with van der Waals surface area (Å²) in [6.45, 7) is 0.661. The maximum atomic E-state index is 11.5. The lowest BCUT2D eigenvalue weighted by molar-refractivity contribution is -0.116. The van der Waals surface area contributed by atoms with Crippen LogP contribution in [-0.4, -0.2) is 29.9 Å². The van der Waals surface area contributed by atoms with Gasteiger partial charge in [0.25, 0.3) is 5.91 Å². The predicted octanol–water partition coefficient (Wildman–Crippen LogP) is 1.23. The van der Waals surface area contributed by atoms with Crippen molar-refractivity contribution in [1.82, 2.24) is 15.6 Å². The first-order valence-corrected chi connectivity index (χ1v) is 6.43. The number of carbonyl (C=O) groups is 2. The molecule has 0 aliphatic carbocycles. The molecule has 2 aromatic rings. The lowest BCUT2D eigenvalue weighted by Gasteiger charge is -2.03. The number of nitrogens with one attached hydrogen (secondary N) is 2. The van der Waals surface area contributed by atoms with Gasteiger partial charge in [-0.25, -0.2) is 0 Å². The van der Waals surface area contributed by atoms with E-state index in [-0.39, 0.29) is 17.6 Å². The summed E-state index contributed by atoms with van der Waals surface area (Å²) >= 11 is 0. The second-order valence-corrected chi connectivity index (χ2v) is 4.14. The Balaban J connectivity index is 1.66. The van der Waals surface area contributed by atoms with Crippen molar-refractivity contribution in [3.63, 3.8) is 0 Å². The van der Waals surface area contributed by atoms with Crippen LogP contribution in [0.15, 0.2) is 53.4 Å². The van der Waals surface area contributed by atoms with E-state index in [2.05, 4.69) is 15.6 Å². The summed E-state index contributed by atoms with van der Waals surface area (Å²) in [6, 6.07) is 6.85. The molecular weight excluding hydrogens is 270 g/mol. The molecule has 0 spiro atoms. The highest BCUT2D eigenvalue weighted by atomic mass is 16.3. The van der Waals surface area contributed by atoms with Crippen molar-refractivity contribution >= 4 is 17.9 Å². The first-order valence-electron chi connectivity index (χ1n) is 6.43. The van der Waals surface area contributed by atoms with Crippen LogP contribution in [0.2, 0.25) is 0 Å². The van der Waals surface area contributed by atoms with Crippen molar-refractivity contribution in [1.29, 1.82) is 0 Å². The maximum absolute atomic E-state index is 11.5. The summed E-state index contributed by atoms with van der Waals surface area (Å²) in [6.07, 6.45) is 7.85. The van der Waals surface area contributed by atoms with Crippen LogP contribution in [0.25, 0.3) is 6.08 Å². The minimum atomic E-state index is -0.305. The van der Waals surface area contributed by atoms with Crippen molar-refractivity contribution in [3.05, 3.63) is 60.3 Å². The highest BCUT2D eigenvalue weighted by molar-refractivity contribution is 5.92. The smallest absolute Gasteiger partial charge is 0.287 e. The first kappa shape index (κ1) is 14.5. The summed E-state index contributed by atoms with van der Waals surface area (Å²) in [7, 11) is 0. The fraction of sp³-hybridized carbons (Fsp3) is 0.133. The molecule has 0 aliphatic rings. The van der Waals surface area contributed by atoms with Crippen LogP contribution in [0.3, 0.4) is 0 Å². The predicted molar refractivity (Wildman–Crippen MR) is 77.3 cm³/mol. The van der Waals surface area contributed by atoms with Crippen LogP contribution >= 0.6 is 0 Å². The zero-order valence-corrected chi connectivity index (χ0v) is 11.3. The van der Waals surface area contributed by atoms with Crippen molar-refractivity contribution in [2.24, 2.45) is 0 Å². The van der Waals surface area contributed by atoms with Crippen molar-refractivity contribution in [3.8, 4) is 0 Å². The minimum absolute atomic E-state index is 0.230. The molecule has 6 heteroatoms. The van der Waals surface area contributed by atoms with Gasteiger partial charge in [-0.1, -0.05) is 6.07 Å². The molecule has 0 aliphatic heterocycles.